The van der Waals surface area contributed by atoms with Crippen molar-refractivity contribution in [1.29, 1.82) is 0 Å². The molecule has 0 unspecified atom stereocenters. The molecule has 2 rings (SSSR count). The summed E-state index contributed by atoms with van der Waals surface area (Å²) < 4.78 is 0. The number of aliphatic imine (C=N–C) groups is 1. The van der Waals surface area contributed by atoms with Gasteiger partial charge in [0.15, 0.2) is 0 Å². The van der Waals surface area contributed by atoms with Gasteiger partial charge in [0.25, 0.3) is 0 Å². The molecule has 0 aliphatic carbocycles. The van der Waals surface area contributed by atoms with E-state index in [1.165, 1.54) is 18.9 Å². The number of benzene rings is 1. The number of halogens is 2. The molecule has 1 fully saturated rings. The molecule has 1 saturated heterocycles. The minimum Gasteiger partial charge on any atom is -0.299 e. The maximum atomic E-state index is 10.2. The molecule has 0 atom stereocenters. The van der Waals surface area contributed by atoms with E-state index < -0.39 is 0 Å². The Morgan fingerprint density at radius 3 is 2.35 bits per heavy atom. The van der Waals surface area contributed by atoms with Crippen LogP contribution in [0.2, 0.25) is 10.0 Å². The molecule has 0 bridgehead atoms. The fourth-order valence-corrected chi connectivity index (χ4v) is 2.68. The van der Waals surface area contributed by atoms with Crippen LogP contribution in [-0.2, 0) is 11.3 Å². The quantitative estimate of drug-likeness (QED) is 0.622. The van der Waals surface area contributed by atoms with Gasteiger partial charge in [0, 0.05) is 6.54 Å². The van der Waals surface area contributed by atoms with E-state index in [0.29, 0.717) is 15.7 Å². The number of nitrogens with zero attached hydrogens (tertiary/aromatic N) is 2. The second-order valence-electron chi connectivity index (χ2n) is 4.09. The standard InChI is InChI=1S/C12H12Cl2N2O/c13-10-5-9(7-16-3-1-2-4-16)6-11(14)12(10)15-8-17/h5-6H,1-4,7H2. The van der Waals surface area contributed by atoms with Crippen LogP contribution in [0.5, 0.6) is 0 Å². The van der Waals surface area contributed by atoms with Crippen LogP contribution < -0.4 is 0 Å². The van der Waals surface area contributed by atoms with Crippen molar-refractivity contribution in [2.45, 2.75) is 19.4 Å². The van der Waals surface area contributed by atoms with Gasteiger partial charge in [0.1, 0.15) is 5.69 Å². The lowest BCUT2D eigenvalue weighted by Gasteiger charge is -2.15. The van der Waals surface area contributed by atoms with Gasteiger partial charge in [0.2, 0.25) is 6.08 Å². The van der Waals surface area contributed by atoms with Crippen molar-refractivity contribution in [3.8, 4) is 0 Å². The van der Waals surface area contributed by atoms with E-state index in [2.05, 4.69) is 9.89 Å². The largest absolute Gasteiger partial charge is 0.299 e. The van der Waals surface area contributed by atoms with Crippen molar-refractivity contribution in [1.82, 2.24) is 4.90 Å². The average molecular weight is 271 g/mol. The fraction of sp³-hybridized carbons (Fsp3) is 0.417. The second kappa shape index (κ2) is 5.65. The molecule has 1 aromatic carbocycles. The van der Waals surface area contributed by atoms with Gasteiger partial charge >= 0.3 is 0 Å². The summed E-state index contributed by atoms with van der Waals surface area (Å²) in [4.78, 5) is 16.1. The lowest BCUT2D eigenvalue weighted by Crippen LogP contribution is -2.18. The summed E-state index contributed by atoms with van der Waals surface area (Å²) in [5.74, 6) is 0. The first kappa shape index (κ1) is 12.6. The first-order chi connectivity index (χ1) is 8.20. The smallest absolute Gasteiger partial charge is 0.240 e. The van der Waals surface area contributed by atoms with Crippen molar-refractivity contribution >= 4 is 35.0 Å². The highest BCUT2D eigenvalue weighted by molar-refractivity contribution is 6.38. The molecule has 1 heterocycles. The Bertz CT molecular complexity index is 441. The van der Waals surface area contributed by atoms with Gasteiger partial charge < -0.3 is 0 Å². The van der Waals surface area contributed by atoms with Crippen LogP contribution in [0.15, 0.2) is 17.1 Å². The van der Waals surface area contributed by atoms with Crippen LogP contribution in [0.4, 0.5) is 5.69 Å². The van der Waals surface area contributed by atoms with E-state index in [1.54, 1.807) is 0 Å². The Morgan fingerprint density at radius 1 is 1.24 bits per heavy atom. The van der Waals surface area contributed by atoms with E-state index in [-0.39, 0.29) is 0 Å². The first-order valence-corrected chi connectivity index (χ1v) is 6.24. The predicted molar refractivity (Wildman–Crippen MR) is 68.8 cm³/mol. The van der Waals surface area contributed by atoms with E-state index >= 15 is 0 Å². The Hall–Kier alpha value is -0.860. The number of carbonyl (C=O) groups excluding carboxylic acids is 1. The molecular formula is C12H12Cl2N2O. The lowest BCUT2D eigenvalue weighted by atomic mass is 10.2. The van der Waals surface area contributed by atoms with Crippen LogP contribution in [-0.4, -0.2) is 24.1 Å². The predicted octanol–water partition coefficient (Wildman–Crippen LogP) is 3.56. The molecule has 90 valence electrons. The van der Waals surface area contributed by atoms with E-state index in [1.807, 2.05) is 12.1 Å². The molecule has 0 aromatic heterocycles. The number of hydrogen-bond acceptors (Lipinski definition) is 3. The minimum absolute atomic E-state index is 0.300. The number of likely N-dealkylation sites (tertiary alicyclic amines) is 1. The topological polar surface area (TPSA) is 32.7 Å². The molecule has 0 amide bonds. The summed E-state index contributed by atoms with van der Waals surface area (Å²) in [6, 6.07) is 3.61. The van der Waals surface area contributed by atoms with Crippen molar-refractivity contribution in [3.63, 3.8) is 0 Å². The third-order valence-electron chi connectivity index (χ3n) is 2.84. The van der Waals surface area contributed by atoms with Gasteiger partial charge in [-0.25, -0.2) is 4.79 Å². The van der Waals surface area contributed by atoms with Gasteiger partial charge in [-0.1, -0.05) is 23.2 Å². The summed E-state index contributed by atoms with van der Waals surface area (Å²) in [5.41, 5.74) is 1.35. The number of isocyanates is 1. The minimum atomic E-state index is 0.300. The zero-order chi connectivity index (χ0) is 12.3. The molecule has 17 heavy (non-hydrogen) atoms. The summed E-state index contributed by atoms with van der Waals surface area (Å²) in [7, 11) is 0. The third-order valence-corrected chi connectivity index (χ3v) is 3.42. The van der Waals surface area contributed by atoms with Crippen molar-refractivity contribution in [3.05, 3.63) is 27.7 Å². The highest BCUT2D eigenvalue weighted by atomic mass is 35.5. The van der Waals surface area contributed by atoms with Crippen LogP contribution in [0.3, 0.4) is 0 Å². The van der Waals surface area contributed by atoms with Crippen LogP contribution >= 0.6 is 23.2 Å². The summed E-state index contributed by atoms with van der Waals surface area (Å²) in [6.45, 7) is 3.07. The van der Waals surface area contributed by atoms with E-state index in [4.69, 9.17) is 23.2 Å². The summed E-state index contributed by atoms with van der Waals surface area (Å²) in [5, 5.41) is 0.796. The second-order valence-corrected chi connectivity index (χ2v) is 4.91. The molecule has 0 N–H and O–H groups in total. The Balaban J connectivity index is 2.21. The monoisotopic (exact) mass is 270 g/mol. The maximum Gasteiger partial charge on any atom is 0.240 e. The molecule has 1 aliphatic heterocycles. The van der Waals surface area contributed by atoms with Crippen LogP contribution in [0.1, 0.15) is 18.4 Å². The Morgan fingerprint density at radius 2 is 1.82 bits per heavy atom. The van der Waals surface area contributed by atoms with Gasteiger partial charge in [-0.2, -0.15) is 4.99 Å². The highest BCUT2D eigenvalue weighted by Gasteiger charge is 2.14. The zero-order valence-corrected chi connectivity index (χ0v) is 10.8. The molecule has 0 saturated carbocycles. The Labute approximate surface area is 110 Å². The molecule has 5 heteroatoms. The van der Waals surface area contributed by atoms with Gasteiger partial charge in [0.05, 0.1) is 10.0 Å². The lowest BCUT2D eigenvalue weighted by molar-refractivity contribution is 0.331. The molecule has 0 radical (unpaired) electrons. The molecular weight excluding hydrogens is 259 g/mol. The molecule has 3 nitrogen and oxygen atoms in total. The summed E-state index contributed by atoms with van der Waals surface area (Å²) in [6.07, 6.45) is 3.94. The van der Waals surface area contributed by atoms with Crippen molar-refractivity contribution in [2.24, 2.45) is 4.99 Å². The Kier molecular flexibility index (Phi) is 4.19. The fourth-order valence-electron chi connectivity index (χ4n) is 2.06. The van der Waals surface area contributed by atoms with Gasteiger partial charge in [-0.05, 0) is 43.6 Å². The average Bonchev–Trinajstić information content (AvgIpc) is 2.76. The van der Waals surface area contributed by atoms with Crippen molar-refractivity contribution < 1.29 is 4.79 Å². The number of rotatable bonds is 3. The molecule has 1 aliphatic rings. The molecule has 1 aromatic rings. The summed E-state index contributed by atoms with van der Waals surface area (Å²) >= 11 is 12.0. The van der Waals surface area contributed by atoms with Crippen LogP contribution in [0, 0.1) is 0 Å². The number of hydrogen-bond donors (Lipinski definition) is 0. The third kappa shape index (κ3) is 3.08. The zero-order valence-electron chi connectivity index (χ0n) is 9.25. The van der Waals surface area contributed by atoms with E-state index in [9.17, 15) is 4.79 Å². The van der Waals surface area contributed by atoms with Gasteiger partial charge in [-0.15, -0.1) is 0 Å². The van der Waals surface area contributed by atoms with Crippen molar-refractivity contribution in [2.75, 3.05) is 13.1 Å². The van der Waals surface area contributed by atoms with E-state index in [0.717, 1.165) is 25.2 Å². The highest BCUT2D eigenvalue weighted by Crippen LogP contribution is 2.34. The first-order valence-electron chi connectivity index (χ1n) is 5.49. The maximum absolute atomic E-state index is 10.2. The normalized spacial score (nSPS) is 15.9. The van der Waals surface area contributed by atoms with Gasteiger partial charge in [-0.3, -0.25) is 4.90 Å². The molecule has 0 spiro atoms. The SMILES string of the molecule is O=C=Nc1c(Cl)cc(CN2CCCC2)cc1Cl. The van der Waals surface area contributed by atoms with Crippen LogP contribution in [0.25, 0.3) is 0 Å².